The summed E-state index contributed by atoms with van der Waals surface area (Å²) in [5.41, 5.74) is 1.85. The van der Waals surface area contributed by atoms with Crippen LogP contribution in [-0.2, 0) is 0 Å². The van der Waals surface area contributed by atoms with Crippen molar-refractivity contribution in [2.45, 2.75) is 0 Å². The molecule has 1 aromatic carbocycles. The highest BCUT2D eigenvalue weighted by atomic mass is 16.1. The van der Waals surface area contributed by atoms with E-state index in [1.165, 1.54) is 0 Å². The van der Waals surface area contributed by atoms with Crippen molar-refractivity contribution in [3.8, 4) is 0 Å². The van der Waals surface area contributed by atoms with Crippen LogP contribution in [0.15, 0.2) is 18.2 Å². The van der Waals surface area contributed by atoms with Crippen LogP contribution in [0.5, 0.6) is 0 Å². The molecule has 0 radical (unpaired) electrons. The maximum absolute atomic E-state index is 11.4. The number of carbonyl (C=O) groups is 1. The van der Waals surface area contributed by atoms with Gasteiger partial charge >= 0.3 is 0 Å². The van der Waals surface area contributed by atoms with E-state index in [-0.39, 0.29) is 5.91 Å². The first kappa shape index (κ1) is 6.66. The summed E-state index contributed by atoms with van der Waals surface area (Å²) in [5, 5.41) is 4.82. The number of hydrogen-bond donors (Lipinski definition) is 1. The van der Waals surface area contributed by atoms with Gasteiger partial charge in [0.15, 0.2) is 0 Å². The van der Waals surface area contributed by atoms with Crippen molar-refractivity contribution in [3.63, 3.8) is 0 Å². The molecule has 62 valence electrons. The lowest BCUT2D eigenvalue weighted by molar-refractivity contribution is 0.0980. The number of carbonyl (C=O) groups excluding carboxylic acids is 1. The van der Waals surface area contributed by atoms with Crippen molar-refractivity contribution in [2.24, 2.45) is 0 Å². The molecule has 0 saturated carbocycles. The Hall–Kier alpha value is -1.83. The van der Waals surface area contributed by atoms with Crippen LogP contribution < -0.4 is 15.8 Å². The topological polar surface area (TPSA) is 29.1 Å². The van der Waals surface area contributed by atoms with Crippen LogP contribution in [0.3, 0.4) is 0 Å². The van der Waals surface area contributed by atoms with Gasteiger partial charge in [0.25, 0.3) is 5.91 Å². The van der Waals surface area contributed by atoms with Crippen LogP contribution in [0.1, 0.15) is 15.9 Å². The fraction of sp³-hybridized carbons (Fsp3) is 0. The van der Waals surface area contributed by atoms with Crippen molar-refractivity contribution in [2.75, 3.05) is 0 Å². The Morgan fingerprint density at radius 2 is 2.00 bits per heavy atom. The first-order valence-electron chi connectivity index (χ1n) is 4.19. The zero-order chi connectivity index (χ0) is 8.84. The molecular weight excluding hydrogens is 162 g/mol. The summed E-state index contributed by atoms with van der Waals surface area (Å²) in [4.78, 5) is 11.4. The van der Waals surface area contributed by atoms with Crippen molar-refractivity contribution in [1.29, 1.82) is 0 Å². The number of amides is 1. The lowest BCUT2D eigenvalue weighted by Gasteiger charge is -1.98. The van der Waals surface area contributed by atoms with Crippen molar-refractivity contribution in [3.05, 3.63) is 39.8 Å². The molecule has 2 aliphatic rings. The van der Waals surface area contributed by atoms with Gasteiger partial charge in [0.05, 0.1) is 5.56 Å². The van der Waals surface area contributed by atoms with Gasteiger partial charge in [0.1, 0.15) is 0 Å². The average Bonchev–Trinajstić information content (AvgIpc) is 2.70. The number of allylic oxidation sites excluding steroid dienone is 1. The second-order valence-electron chi connectivity index (χ2n) is 3.18. The van der Waals surface area contributed by atoms with Crippen molar-refractivity contribution >= 4 is 24.3 Å². The lowest BCUT2D eigenvalue weighted by atomic mass is 10.1. The monoisotopic (exact) mass is 169 g/mol. The fourth-order valence-electron chi connectivity index (χ4n) is 1.81. The van der Waals surface area contributed by atoms with E-state index in [9.17, 15) is 4.79 Å². The minimum absolute atomic E-state index is 0.00630. The first-order valence-corrected chi connectivity index (χ1v) is 4.19. The lowest BCUT2D eigenvalue weighted by Crippen LogP contribution is -2.19. The van der Waals surface area contributed by atoms with E-state index in [4.69, 9.17) is 0 Å². The van der Waals surface area contributed by atoms with Gasteiger partial charge in [-0.15, -0.1) is 0 Å². The molecule has 1 heterocycles. The van der Waals surface area contributed by atoms with Crippen LogP contribution >= 0.6 is 0 Å². The van der Waals surface area contributed by atoms with Crippen LogP contribution in [0.2, 0.25) is 0 Å². The molecule has 0 bridgehead atoms. The molecule has 2 nitrogen and oxygen atoms in total. The van der Waals surface area contributed by atoms with Crippen LogP contribution in [0, 0.1) is 0 Å². The Morgan fingerprint density at radius 3 is 2.92 bits per heavy atom. The van der Waals surface area contributed by atoms with Crippen molar-refractivity contribution < 1.29 is 4.79 Å². The maximum atomic E-state index is 11.4. The Balaban J connectivity index is 2.53. The minimum Gasteiger partial charge on any atom is -0.328 e. The molecule has 0 unspecified atom stereocenters. The van der Waals surface area contributed by atoms with E-state index >= 15 is 0 Å². The van der Waals surface area contributed by atoms with Gasteiger partial charge in [-0.1, -0.05) is 30.4 Å². The highest BCUT2D eigenvalue weighted by Crippen LogP contribution is 2.08. The normalized spacial score (nSPS) is 15.8. The summed E-state index contributed by atoms with van der Waals surface area (Å²) in [7, 11) is 0. The Morgan fingerprint density at radius 1 is 1.15 bits per heavy atom. The minimum atomic E-state index is 0.00630. The Labute approximate surface area is 74.9 Å². The Bertz CT molecular complexity index is 552. The average molecular weight is 169 g/mol. The summed E-state index contributed by atoms with van der Waals surface area (Å²) in [6.07, 6.45) is 7.72. The van der Waals surface area contributed by atoms with E-state index in [2.05, 4.69) is 5.32 Å². The summed E-state index contributed by atoms with van der Waals surface area (Å²) in [6, 6.07) is 4.00. The summed E-state index contributed by atoms with van der Waals surface area (Å²) >= 11 is 0. The quantitative estimate of drug-likeness (QED) is 0.581. The van der Waals surface area contributed by atoms with Gasteiger partial charge in [-0.05, 0) is 10.8 Å². The molecular formula is C11H7NO. The molecule has 1 aliphatic carbocycles. The van der Waals surface area contributed by atoms with Crippen LogP contribution in [0.4, 0.5) is 0 Å². The number of rotatable bonds is 0. The maximum Gasteiger partial charge on any atom is 0.256 e. The standard InChI is InChI=1S/C11H7NO/c13-11-10-8(6-12-11)5-4-7-2-1-3-9(7)10/h1-6H,(H,12,13). The smallest absolute Gasteiger partial charge is 0.256 e. The molecule has 1 aromatic rings. The third kappa shape index (κ3) is 0.746. The van der Waals surface area contributed by atoms with Gasteiger partial charge in [0, 0.05) is 11.4 Å². The number of hydrogen-bond acceptors (Lipinski definition) is 1. The fourth-order valence-corrected chi connectivity index (χ4v) is 1.81. The van der Waals surface area contributed by atoms with Gasteiger partial charge in [-0.3, -0.25) is 4.79 Å². The molecule has 2 heteroatoms. The SMILES string of the molecule is O=C1NC=c2ccc3c(c21)C=CC=3. The third-order valence-electron chi connectivity index (χ3n) is 2.44. The largest absolute Gasteiger partial charge is 0.328 e. The molecule has 13 heavy (non-hydrogen) atoms. The second-order valence-corrected chi connectivity index (χ2v) is 3.18. The summed E-state index contributed by atoms with van der Waals surface area (Å²) in [6.45, 7) is 0. The second kappa shape index (κ2) is 2.10. The predicted octanol–water partition coefficient (Wildman–Crippen LogP) is -0.0247. The molecule has 0 saturated heterocycles. The molecule has 1 N–H and O–H groups in total. The number of nitrogens with one attached hydrogen (secondary N) is 1. The van der Waals surface area contributed by atoms with Gasteiger partial charge < -0.3 is 5.32 Å². The van der Waals surface area contributed by atoms with Crippen LogP contribution in [-0.4, -0.2) is 5.91 Å². The van der Waals surface area contributed by atoms with Crippen LogP contribution in [0.25, 0.3) is 18.4 Å². The molecule has 1 aliphatic heterocycles. The van der Waals surface area contributed by atoms with Crippen molar-refractivity contribution in [1.82, 2.24) is 5.32 Å². The molecule has 0 aromatic heterocycles. The molecule has 0 atom stereocenters. The van der Waals surface area contributed by atoms with E-state index < -0.39 is 0 Å². The zero-order valence-electron chi connectivity index (χ0n) is 6.87. The van der Waals surface area contributed by atoms with E-state index in [1.807, 2.05) is 30.4 Å². The molecule has 0 spiro atoms. The van der Waals surface area contributed by atoms with Gasteiger partial charge in [-0.2, -0.15) is 0 Å². The molecule has 3 rings (SSSR count). The molecule has 0 fully saturated rings. The highest BCUT2D eigenvalue weighted by molar-refractivity contribution is 6.03. The highest BCUT2D eigenvalue weighted by Gasteiger charge is 2.17. The predicted molar refractivity (Wildman–Crippen MR) is 51.1 cm³/mol. The third-order valence-corrected chi connectivity index (χ3v) is 2.44. The number of fused-ring (bicyclic) bond motifs is 3. The van der Waals surface area contributed by atoms with E-state index in [1.54, 1.807) is 6.20 Å². The van der Waals surface area contributed by atoms with E-state index in [0.717, 1.165) is 21.6 Å². The van der Waals surface area contributed by atoms with Gasteiger partial charge in [-0.25, -0.2) is 0 Å². The zero-order valence-corrected chi connectivity index (χ0v) is 6.87. The number of benzene rings is 1. The first-order chi connectivity index (χ1) is 6.36. The summed E-state index contributed by atoms with van der Waals surface area (Å²) < 4.78 is 0. The molecule has 1 amide bonds. The van der Waals surface area contributed by atoms with E-state index in [0.29, 0.717) is 0 Å². The summed E-state index contributed by atoms with van der Waals surface area (Å²) in [5.74, 6) is 0.00630. The Kier molecular flexibility index (Phi) is 1.08. The van der Waals surface area contributed by atoms with Gasteiger partial charge in [0.2, 0.25) is 0 Å².